The van der Waals surface area contributed by atoms with E-state index < -0.39 is 0 Å². The first-order valence-electron chi connectivity index (χ1n) is 9.19. The van der Waals surface area contributed by atoms with Gasteiger partial charge in [-0.25, -0.2) is 9.97 Å². The fourth-order valence-electron chi connectivity index (χ4n) is 3.57. The topological polar surface area (TPSA) is 94.6 Å². The van der Waals surface area contributed by atoms with Crippen molar-refractivity contribution in [2.24, 2.45) is 0 Å². The molecular formula is C18H22N8O. The van der Waals surface area contributed by atoms with Crippen LogP contribution in [0.25, 0.3) is 0 Å². The molecule has 4 heterocycles. The lowest BCUT2D eigenvalue weighted by atomic mass is 9.95. The van der Waals surface area contributed by atoms with Crippen LogP contribution < -0.4 is 0 Å². The van der Waals surface area contributed by atoms with E-state index >= 15 is 0 Å². The molecule has 9 nitrogen and oxygen atoms in total. The van der Waals surface area contributed by atoms with E-state index in [1.807, 2.05) is 15.7 Å². The van der Waals surface area contributed by atoms with Gasteiger partial charge < -0.3 is 14.0 Å². The third-order valence-electron chi connectivity index (χ3n) is 4.99. The van der Waals surface area contributed by atoms with Gasteiger partial charge in [0.05, 0.1) is 19.1 Å². The third kappa shape index (κ3) is 3.57. The molecule has 1 amide bonds. The summed E-state index contributed by atoms with van der Waals surface area (Å²) in [5, 5.41) is 8.88. The molecule has 1 saturated heterocycles. The van der Waals surface area contributed by atoms with Gasteiger partial charge in [0.1, 0.15) is 11.5 Å². The van der Waals surface area contributed by atoms with Crippen LogP contribution in [0.3, 0.4) is 0 Å². The number of amides is 1. The highest BCUT2D eigenvalue weighted by atomic mass is 16.2. The Kier molecular flexibility index (Phi) is 4.91. The fourth-order valence-corrected chi connectivity index (χ4v) is 3.57. The van der Waals surface area contributed by atoms with Crippen LogP contribution in [-0.4, -0.2) is 58.2 Å². The summed E-state index contributed by atoms with van der Waals surface area (Å²) in [7, 11) is 0. The maximum atomic E-state index is 12.5. The van der Waals surface area contributed by atoms with Crippen LogP contribution in [0.4, 0.5) is 0 Å². The normalized spacial score (nSPS) is 15.2. The summed E-state index contributed by atoms with van der Waals surface area (Å²) in [5.41, 5.74) is 0.398. The molecule has 0 spiro atoms. The number of rotatable bonds is 5. The Morgan fingerprint density at radius 3 is 2.67 bits per heavy atom. The van der Waals surface area contributed by atoms with Crippen molar-refractivity contribution in [2.45, 2.75) is 38.8 Å². The molecule has 140 valence electrons. The number of piperidine rings is 1. The Bertz CT molecular complexity index is 881. The number of hydrogen-bond donors (Lipinski definition) is 0. The zero-order chi connectivity index (χ0) is 18.6. The molecule has 0 aromatic carbocycles. The van der Waals surface area contributed by atoms with Gasteiger partial charge in [0.2, 0.25) is 0 Å². The van der Waals surface area contributed by atoms with Gasteiger partial charge in [0.25, 0.3) is 5.91 Å². The van der Waals surface area contributed by atoms with Gasteiger partial charge in [0, 0.05) is 50.3 Å². The van der Waals surface area contributed by atoms with E-state index in [2.05, 4.69) is 36.6 Å². The first-order valence-corrected chi connectivity index (χ1v) is 9.19. The number of likely N-dealkylation sites (tertiary alicyclic amines) is 1. The summed E-state index contributed by atoms with van der Waals surface area (Å²) >= 11 is 0. The molecule has 1 aliphatic heterocycles. The SMILES string of the molecule is CCn1c(Cn2ccnc2)nnc1C1CCN(C(=O)c2cnccn2)CC1. The standard InChI is InChI=1S/C18H22N8O/c1-2-26-16(12-24-10-7-20-13-24)22-23-17(26)14-3-8-25(9-4-14)18(27)15-11-19-5-6-21-15/h5-7,10-11,13-14H,2-4,8-9,12H2,1H3. The van der Waals surface area contributed by atoms with Crippen molar-refractivity contribution in [1.29, 1.82) is 0 Å². The Morgan fingerprint density at radius 1 is 1.15 bits per heavy atom. The monoisotopic (exact) mass is 366 g/mol. The third-order valence-corrected chi connectivity index (χ3v) is 4.99. The fraction of sp³-hybridized carbons (Fsp3) is 0.444. The molecule has 27 heavy (non-hydrogen) atoms. The second-order valence-corrected chi connectivity index (χ2v) is 6.61. The van der Waals surface area contributed by atoms with E-state index in [-0.39, 0.29) is 5.91 Å². The van der Waals surface area contributed by atoms with Crippen LogP contribution in [0.2, 0.25) is 0 Å². The van der Waals surface area contributed by atoms with Gasteiger partial charge in [-0.2, -0.15) is 0 Å². The number of carbonyl (C=O) groups is 1. The van der Waals surface area contributed by atoms with Crippen LogP contribution in [-0.2, 0) is 13.1 Å². The zero-order valence-corrected chi connectivity index (χ0v) is 15.3. The van der Waals surface area contributed by atoms with E-state index in [9.17, 15) is 4.79 Å². The molecule has 0 aliphatic carbocycles. The lowest BCUT2D eigenvalue weighted by Gasteiger charge is -2.31. The molecule has 0 bridgehead atoms. The summed E-state index contributed by atoms with van der Waals surface area (Å²) in [5.74, 6) is 2.20. The van der Waals surface area contributed by atoms with Gasteiger partial charge in [-0.05, 0) is 19.8 Å². The maximum Gasteiger partial charge on any atom is 0.274 e. The summed E-state index contributed by atoms with van der Waals surface area (Å²) in [6.45, 7) is 4.97. The van der Waals surface area contributed by atoms with E-state index in [4.69, 9.17) is 0 Å². The summed E-state index contributed by atoms with van der Waals surface area (Å²) in [6.07, 6.45) is 11.8. The Hall–Kier alpha value is -3.10. The number of nitrogens with zero attached hydrogens (tertiary/aromatic N) is 8. The van der Waals surface area contributed by atoms with Crippen LogP contribution in [0, 0.1) is 0 Å². The van der Waals surface area contributed by atoms with Crippen LogP contribution in [0.15, 0.2) is 37.3 Å². The molecule has 0 radical (unpaired) electrons. The van der Waals surface area contributed by atoms with Gasteiger partial charge in [-0.3, -0.25) is 9.78 Å². The van der Waals surface area contributed by atoms with Crippen LogP contribution >= 0.6 is 0 Å². The minimum absolute atomic E-state index is 0.0562. The van der Waals surface area contributed by atoms with Crippen molar-refractivity contribution < 1.29 is 4.79 Å². The molecule has 3 aromatic heterocycles. The number of imidazole rings is 1. The van der Waals surface area contributed by atoms with Crippen molar-refractivity contribution in [3.8, 4) is 0 Å². The second kappa shape index (κ2) is 7.65. The first kappa shape index (κ1) is 17.3. The van der Waals surface area contributed by atoms with Gasteiger partial charge in [-0.15, -0.1) is 10.2 Å². The lowest BCUT2D eigenvalue weighted by Crippen LogP contribution is -2.38. The summed E-state index contributed by atoms with van der Waals surface area (Å²) in [4.78, 5) is 26.5. The van der Waals surface area contributed by atoms with Crippen molar-refractivity contribution in [3.05, 3.63) is 54.7 Å². The smallest absolute Gasteiger partial charge is 0.274 e. The van der Waals surface area contributed by atoms with Gasteiger partial charge in [0.15, 0.2) is 5.82 Å². The Labute approximate surface area is 157 Å². The van der Waals surface area contributed by atoms with Gasteiger partial charge in [-0.1, -0.05) is 0 Å². The first-order chi connectivity index (χ1) is 13.3. The van der Waals surface area contributed by atoms with E-state index in [1.54, 1.807) is 24.9 Å². The summed E-state index contributed by atoms with van der Waals surface area (Å²) in [6, 6.07) is 0. The lowest BCUT2D eigenvalue weighted by molar-refractivity contribution is 0.0703. The zero-order valence-electron chi connectivity index (χ0n) is 15.3. The highest BCUT2D eigenvalue weighted by Gasteiger charge is 2.28. The van der Waals surface area contributed by atoms with Crippen LogP contribution in [0.5, 0.6) is 0 Å². The van der Waals surface area contributed by atoms with Crippen molar-refractivity contribution in [1.82, 2.24) is 39.2 Å². The molecular weight excluding hydrogens is 344 g/mol. The number of aromatic nitrogens is 7. The Balaban J connectivity index is 1.44. The van der Waals surface area contributed by atoms with Gasteiger partial charge >= 0.3 is 0 Å². The molecule has 1 aliphatic rings. The van der Waals surface area contributed by atoms with Crippen molar-refractivity contribution in [2.75, 3.05) is 13.1 Å². The minimum atomic E-state index is -0.0562. The number of hydrogen-bond acceptors (Lipinski definition) is 6. The molecule has 3 aromatic rings. The highest BCUT2D eigenvalue weighted by molar-refractivity contribution is 5.92. The number of carbonyl (C=O) groups excluding carboxylic acids is 1. The molecule has 9 heteroatoms. The molecule has 1 fully saturated rings. The Morgan fingerprint density at radius 2 is 2.00 bits per heavy atom. The minimum Gasteiger partial charge on any atom is -0.337 e. The highest BCUT2D eigenvalue weighted by Crippen LogP contribution is 2.28. The average molecular weight is 366 g/mol. The molecule has 4 rings (SSSR count). The van der Waals surface area contributed by atoms with Crippen molar-refractivity contribution >= 4 is 5.91 Å². The van der Waals surface area contributed by atoms with Crippen molar-refractivity contribution in [3.63, 3.8) is 0 Å². The molecule has 0 saturated carbocycles. The predicted molar refractivity (Wildman–Crippen MR) is 96.9 cm³/mol. The molecule has 0 N–H and O–H groups in total. The van der Waals surface area contributed by atoms with Crippen LogP contribution in [0.1, 0.15) is 47.8 Å². The average Bonchev–Trinajstić information content (AvgIpc) is 3.38. The van der Waals surface area contributed by atoms with E-state index in [0.717, 1.165) is 31.0 Å². The van der Waals surface area contributed by atoms with E-state index in [0.29, 0.717) is 31.2 Å². The largest absolute Gasteiger partial charge is 0.337 e. The van der Waals surface area contributed by atoms with E-state index in [1.165, 1.54) is 6.20 Å². The second-order valence-electron chi connectivity index (χ2n) is 6.61. The summed E-state index contributed by atoms with van der Waals surface area (Å²) < 4.78 is 4.17. The molecule has 0 atom stereocenters. The maximum absolute atomic E-state index is 12.5. The molecule has 0 unspecified atom stereocenters. The quantitative estimate of drug-likeness (QED) is 0.676. The predicted octanol–water partition coefficient (Wildman–Crippen LogP) is 1.35.